The molecule has 0 aliphatic carbocycles. The van der Waals surface area contributed by atoms with Crippen molar-refractivity contribution in [3.63, 3.8) is 0 Å². The van der Waals surface area contributed by atoms with Crippen LogP contribution in [-0.2, 0) is 0 Å². The smallest absolute Gasteiger partial charge is 0.326 e. The zero-order valence-corrected chi connectivity index (χ0v) is 13.1. The zero-order chi connectivity index (χ0) is 16.4. The number of carbonyl (C=O) groups excluding carboxylic acids is 1. The normalized spacial score (nSPS) is 10.6. The number of ether oxygens (including phenoxy) is 1. The molecule has 7 nitrogen and oxygen atoms in total. The van der Waals surface area contributed by atoms with Gasteiger partial charge in [0.15, 0.2) is 5.65 Å². The maximum absolute atomic E-state index is 12.2. The van der Waals surface area contributed by atoms with Crippen molar-refractivity contribution >= 4 is 23.3 Å². The highest BCUT2D eigenvalue weighted by atomic mass is 16.5. The molecular formula is C16H17N5O2. The quantitative estimate of drug-likeness (QED) is 0.779. The molecule has 0 saturated heterocycles. The van der Waals surface area contributed by atoms with Gasteiger partial charge in [0.25, 0.3) is 0 Å². The van der Waals surface area contributed by atoms with Crippen LogP contribution in [0.3, 0.4) is 0 Å². The minimum Gasteiger partial charge on any atom is -0.482 e. The predicted molar refractivity (Wildman–Crippen MR) is 88.1 cm³/mol. The Morgan fingerprint density at radius 2 is 1.96 bits per heavy atom. The number of urea groups is 1. The SMILES string of the molecule is COc1cccc2nnc(NC(=O)Nc3ccc(C)cc3C)n12. The van der Waals surface area contributed by atoms with E-state index in [-0.39, 0.29) is 0 Å². The summed E-state index contributed by atoms with van der Waals surface area (Å²) in [6, 6.07) is 10.8. The minimum atomic E-state index is -0.392. The highest BCUT2D eigenvalue weighted by molar-refractivity contribution is 5.99. The van der Waals surface area contributed by atoms with Crippen LogP contribution in [0.15, 0.2) is 36.4 Å². The number of benzene rings is 1. The molecule has 0 atom stereocenters. The summed E-state index contributed by atoms with van der Waals surface area (Å²) in [6.07, 6.45) is 0. The third kappa shape index (κ3) is 2.94. The van der Waals surface area contributed by atoms with Gasteiger partial charge in [-0.3, -0.25) is 5.32 Å². The van der Waals surface area contributed by atoms with Gasteiger partial charge in [-0.05, 0) is 37.6 Å². The Bertz CT molecular complexity index is 872. The molecule has 2 aromatic heterocycles. The van der Waals surface area contributed by atoms with E-state index < -0.39 is 6.03 Å². The molecule has 118 valence electrons. The molecule has 23 heavy (non-hydrogen) atoms. The number of methoxy groups -OCH3 is 1. The first kappa shape index (κ1) is 14.8. The van der Waals surface area contributed by atoms with Gasteiger partial charge < -0.3 is 10.1 Å². The summed E-state index contributed by atoms with van der Waals surface area (Å²) in [5, 5.41) is 13.5. The molecule has 0 aliphatic heterocycles. The van der Waals surface area contributed by atoms with Crippen molar-refractivity contribution in [3.05, 3.63) is 47.5 Å². The Morgan fingerprint density at radius 3 is 2.70 bits per heavy atom. The predicted octanol–water partition coefficient (Wildman–Crippen LogP) is 3.00. The second-order valence-electron chi connectivity index (χ2n) is 5.18. The van der Waals surface area contributed by atoms with E-state index in [4.69, 9.17) is 4.74 Å². The number of hydrogen-bond donors (Lipinski definition) is 2. The van der Waals surface area contributed by atoms with Gasteiger partial charge >= 0.3 is 6.03 Å². The number of aromatic nitrogens is 3. The van der Waals surface area contributed by atoms with Gasteiger partial charge in [0.05, 0.1) is 7.11 Å². The number of aryl methyl sites for hydroxylation is 2. The highest BCUT2D eigenvalue weighted by Gasteiger charge is 2.13. The van der Waals surface area contributed by atoms with E-state index >= 15 is 0 Å². The Labute approximate surface area is 133 Å². The molecule has 0 saturated carbocycles. The van der Waals surface area contributed by atoms with E-state index in [0.717, 1.165) is 16.8 Å². The average Bonchev–Trinajstić information content (AvgIpc) is 2.93. The van der Waals surface area contributed by atoms with E-state index in [0.29, 0.717) is 17.5 Å². The first-order valence-corrected chi connectivity index (χ1v) is 7.12. The summed E-state index contributed by atoms with van der Waals surface area (Å²) in [5.74, 6) is 0.828. The van der Waals surface area contributed by atoms with Gasteiger partial charge in [0.1, 0.15) is 0 Å². The summed E-state index contributed by atoms with van der Waals surface area (Å²) in [4.78, 5) is 12.2. The first-order valence-electron chi connectivity index (χ1n) is 7.12. The number of pyridine rings is 1. The monoisotopic (exact) mass is 311 g/mol. The molecule has 0 aliphatic rings. The van der Waals surface area contributed by atoms with Crippen molar-refractivity contribution in [2.45, 2.75) is 13.8 Å². The fourth-order valence-electron chi connectivity index (χ4n) is 2.36. The molecule has 0 fully saturated rings. The highest BCUT2D eigenvalue weighted by Crippen LogP contribution is 2.19. The maximum Gasteiger partial charge on any atom is 0.326 e. The molecular weight excluding hydrogens is 294 g/mol. The van der Waals surface area contributed by atoms with Gasteiger partial charge in [-0.2, -0.15) is 0 Å². The lowest BCUT2D eigenvalue weighted by atomic mass is 10.1. The number of amides is 2. The first-order chi connectivity index (χ1) is 11.1. The van der Waals surface area contributed by atoms with Crippen LogP contribution in [0, 0.1) is 13.8 Å². The lowest BCUT2D eigenvalue weighted by Crippen LogP contribution is -2.21. The van der Waals surface area contributed by atoms with Crippen molar-refractivity contribution in [3.8, 4) is 5.88 Å². The summed E-state index contributed by atoms with van der Waals surface area (Å²) in [7, 11) is 1.55. The Morgan fingerprint density at radius 1 is 1.13 bits per heavy atom. The van der Waals surface area contributed by atoms with Crippen molar-refractivity contribution in [2.24, 2.45) is 0 Å². The molecule has 1 aromatic carbocycles. The lowest BCUT2D eigenvalue weighted by molar-refractivity contribution is 0.262. The van der Waals surface area contributed by atoms with Crippen molar-refractivity contribution in [1.29, 1.82) is 0 Å². The molecule has 2 amide bonds. The van der Waals surface area contributed by atoms with Crippen LogP contribution in [0.2, 0.25) is 0 Å². The number of nitrogens with one attached hydrogen (secondary N) is 2. The lowest BCUT2D eigenvalue weighted by Gasteiger charge is -2.10. The second kappa shape index (κ2) is 5.96. The number of hydrogen-bond acceptors (Lipinski definition) is 4. The van der Waals surface area contributed by atoms with Gasteiger partial charge in [0.2, 0.25) is 11.8 Å². The third-order valence-electron chi connectivity index (χ3n) is 3.46. The van der Waals surface area contributed by atoms with Crippen LogP contribution in [0.1, 0.15) is 11.1 Å². The number of rotatable bonds is 3. The second-order valence-corrected chi connectivity index (χ2v) is 5.18. The fourth-order valence-corrected chi connectivity index (χ4v) is 2.36. The largest absolute Gasteiger partial charge is 0.482 e. The van der Waals surface area contributed by atoms with Gasteiger partial charge in [0, 0.05) is 5.69 Å². The van der Waals surface area contributed by atoms with Gasteiger partial charge in [-0.15, -0.1) is 10.2 Å². The van der Waals surface area contributed by atoms with Gasteiger partial charge in [-0.25, -0.2) is 9.20 Å². The van der Waals surface area contributed by atoms with Crippen LogP contribution in [0.25, 0.3) is 5.65 Å². The van der Waals surface area contributed by atoms with E-state index in [1.54, 1.807) is 23.6 Å². The van der Waals surface area contributed by atoms with E-state index in [1.807, 2.05) is 38.1 Å². The van der Waals surface area contributed by atoms with Crippen LogP contribution in [-0.4, -0.2) is 27.7 Å². The fraction of sp³-hybridized carbons (Fsp3) is 0.188. The van der Waals surface area contributed by atoms with Crippen molar-refractivity contribution in [1.82, 2.24) is 14.6 Å². The van der Waals surface area contributed by atoms with E-state index in [1.165, 1.54) is 0 Å². The van der Waals surface area contributed by atoms with Crippen molar-refractivity contribution < 1.29 is 9.53 Å². The molecule has 3 rings (SSSR count). The number of anilines is 2. The summed E-state index contributed by atoms with van der Waals surface area (Å²) < 4.78 is 6.90. The standard InChI is InChI=1S/C16H17N5O2/c1-10-7-8-12(11(2)9-10)17-16(22)18-15-20-19-13-5-4-6-14(23-3)21(13)15/h4-9H,1-3H3,(H2,17,18,20,22). The summed E-state index contributed by atoms with van der Waals surface area (Å²) >= 11 is 0. The Balaban J connectivity index is 1.83. The zero-order valence-electron chi connectivity index (χ0n) is 13.1. The van der Waals surface area contributed by atoms with Gasteiger partial charge in [-0.1, -0.05) is 23.8 Å². The number of carbonyl (C=O) groups is 1. The number of nitrogens with zero attached hydrogens (tertiary/aromatic N) is 3. The van der Waals surface area contributed by atoms with Crippen LogP contribution < -0.4 is 15.4 Å². The molecule has 3 aromatic rings. The summed E-state index contributed by atoms with van der Waals surface area (Å²) in [6.45, 7) is 3.95. The van der Waals surface area contributed by atoms with Crippen molar-refractivity contribution in [2.75, 3.05) is 17.7 Å². The van der Waals surface area contributed by atoms with E-state index in [9.17, 15) is 4.79 Å². The van der Waals surface area contributed by atoms with Crippen LogP contribution >= 0.6 is 0 Å². The number of fused-ring (bicyclic) bond motifs is 1. The van der Waals surface area contributed by atoms with Crippen LogP contribution in [0.4, 0.5) is 16.4 Å². The third-order valence-corrected chi connectivity index (χ3v) is 3.46. The Kier molecular flexibility index (Phi) is 3.84. The maximum atomic E-state index is 12.2. The minimum absolute atomic E-state index is 0.291. The molecule has 7 heteroatoms. The molecule has 2 N–H and O–H groups in total. The Hall–Kier alpha value is -3.09. The topological polar surface area (TPSA) is 80.6 Å². The molecule has 0 spiro atoms. The summed E-state index contributed by atoms with van der Waals surface area (Å²) in [5.41, 5.74) is 3.46. The molecule has 0 unspecified atom stereocenters. The molecule has 0 radical (unpaired) electrons. The average molecular weight is 311 g/mol. The molecule has 0 bridgehead atoms. The van der Waals surface area contributed by atoms with Crippen LogP contribution in [0.5, 0.6) is 5.88 Å². The molecule has 2 heterocycles. The van der Waals surface area contributed by atoms with E-state index in [2.05, 4.69) is 20.8 Å².